The van der Waals surface area contributed by atoms with Crippen molar-refractivity contribution in [3.63, 3.8) is 0 Å². The minimum absolute atomic E-state index is 0.0541. The molecule has 1 N–H and O–H groups in total. The van der Waals surface area contributed by atoms with E-state index in [9.17, 15) is 9.59 Å². The highest BCUT2D eigenvalue weighted by Crippen LogP contribution is 2.23. The number of amides is 3. The summed E-state index contributed by atoms with van der Waals surface area (Å²) in [5.74, 6) is 0.0541. The standard InChI is InChI=1S/C21H25N5O2/c1-16-3-2-4-19(13-16)26-15-17(14-20(26)27)23-21(28)25-11-9-24(10-12-25)18-5-7-22-8-6-18/h2-8,13,17H,9-12,14-15H2,1H3,(H,23,28)/t17-/m0/s1. The number of hydrogen-bond donors (Lipinski definition) is 1. The molecule has 1 atom stereocenters. The number of aryl methyl sites for hydroxylation is 1. The zero-order valence-corrected chi connectivity index (χ0v) is 16.0. The van der Waals surface area contributed by atoms with E-state index < -0.39 is 0 Å². The van der Waals surface area contributed by atoms with E-state index in [2.05, 4.69) is 15.2 Å². The fourth-order valence-electron chi connectivity index (χ4n) is 3.84. The van der Waals surface area contributed by atoms with Crippen molar-refractivity contribution in [2.45, 2.75) is 19.4 Å². The molecule has 0 aliphatic carbocycles. The van der Waals surface area contributed by atoms with E-state index in [1.165, 1.54) is 0 Å². The average molecular weight is 379 g/mol. The molecular formula is C21H25N5O2. The minimum Gasteiger partial charge on any atom is -0.368 e. The molecule has 3 amide bonds. The number of nitrogens with zero attached hydrogens (tertiary/aromatic N) is 4. The van der Waals surface area contributed by atoms with Crippen LogP contribution in [0.3, 0.4) is 0 Å². The summed E-state index contributed by atoms with van der Waals surface area (Å²) in [4.78, 5) is 35.0. The molecule has 2 aromatic rings. The van der Waals surface area contributed by atoms with Gasteiger partial charge in [-0.15, -0.1) is 0 Å². The molecule has 0 saturated carbocycles. The van der Waals surface area contributed by atoms with Crippen LogP contribution < -0.4 is 15.1 Å². The predicted molar refractivity (Wildman–Crippen MR) is 108 cm³/mol. The third kappa shape index (κ3) is 3.93. The lowest BCUT2D eigenvalue weighted by atomic mass is 10.2. The van der Waals surface area contributed by atoms with Crippen molar-refractivity contribution in [1.29, 1.82) is 0 Å². The lowest BCUT2D eigenvalue weighted by Crippen LogP contribution is -2.53. The molecule has 1 aromatic heterocycles. The Hall–Kier alpha value is -3.09. The van der Waals surface area contributed by atoms with Gasteiger partial charge in [0.05, 0.1) is 6.04 Å². The van der Waals surface area contributed by atoms with Crippen molar-refractivity contribution >= 4 is 23.3 Å². The van der Waals surface area contributed by atoms with Gasteiger partial charge in [-0.2, -0.15) is 0 Å². The molecule has 7 nitrogen and oxygen atoms in total. The summed E-state index contributed by atoms with van der Waals surface area (Å²) in [5.41, 5.74) is 3.14. The molecule has 0 unspecified atom stereocenters. The molecule has 0 radical (unpaired) electrons. The van der Waals surface area contributed by atoms with Gasteiger partial charge in [-0.25, -0.2) is 4.79 Å². The van der Waals surface area contributed by atoms with Gasteiger partial charge >= 0.3 is 6.03 Å². The fraction of sp³-hybridized carbons (Fsp3) is 0.381. The lowest BCUT2D eigenvalue weighted by Gasteiger charge is -2.36. The highest BCUT2D eigenvalue weighted by atomic mass is 16.2. The number of nitrogens with one attached hydrogen (secondary N) is 1. The van der Waals surface area contributed by atoms with Gasteiger partial charge in [0.2, 0.25) is 5.91 Å². The fourth-order valence-corrected chi connectivity index (χ4v) is 3.84. The van der Waals surface area contributed by atoms with Crippen LogP contribution in [0.1, 0.15) is 12.0 Å². The second kappa shape index (κ2) is 7.88. The van der Waals surface area contributed by atoms with E-state index in [0.717, 1.165) is 30.0 Å². The van der Waals surface area contributed by atoms with Gasteiger partial charge in [-0.3, -0.25) is 9.78 Å². The Bertz CT molecular complexity index is 849. The number of hydrogen-bond acceptors (Lipinski definition) is 4. The number of anilines is 2. The van der Waals surface area contributed by atoms with Crippen LogP contribution >= 0.6 is 0 Å². The number of benzene rings is 1. The second-order valence-electron chi connectivity index (χ2n) is 7.37. The van der Waals surface area contributed by atoms with Crippen molar-refractivity contribution in [2.24, 2.45) is 0 Å². The Labute approximate surface area is 164 Å². The predicted octanol–water partition coefficient (Wildman–Crippen LogP) is 2.03. The number of aromatic nitrogens is 1. The Morgan fingerprint density at radius 1 is 1.07 bits per heavy atom. The molecule has 2 fully saturated rings. The topological polar surface area (TPSA) is 68.8 Å². The van der Waals surface area contributed by atoms with Gasteiger partial charge in [0.25, 0.3) is 0 Å². The van der Waals surface area contributed by atoms with Crippen LogP contribution in [0.4, 0.5) is 16.2 Å². The van der Waals surface area contributed by atoms with Crippen molar-refractivity contribution < 1.29 is 9.59 Å². The van der Waals surface area contributed by atoms with Crippen LogP contribution in [0.25, 0.3) is 0 Å². The zero-order valence-electron chi connectivity index (χ0n) is 16.0. The Morgan fingerprint density at radius 2 is 1.82 bits per heavy atom. The molecule has 1 aromatic carbocycles. The summed E-state index contributed by atoms with van der Waals surface area (Å²) in [5, 5.41) is 3.04. The highest BCUT2D eigenvalue weighted by Gasteiger charge is 2.33. The van der Waals surface area contributed by atoms with Crippen molar-refractivity contribution in [1.82, 2.24) is 15.2 Å². The SMILES string of the molecule is Cc1cccc(N2C[C@@H](NC(=O)N3CCN(c4ccncc4)CC3)CC2=O)c1. The third-order valence-corrected chi connectivity index (χ3v) is 5.36. The molecular weight excluding hydrogens is 354 g/mol. The Kier molecular flexibility index (Phi) is 5.14. The summed E-state index contributed by atoms with van der Waals surface area (Å²) in [6, 6.07) is 11.6. The first-order valence-corrected chi connectivity index (χ1v) is 9.67. The molecule has 4 rings (SSSR count). The largest absolute Gasteiger partial charge is 0.368 e. The summed E-state index contributed by atoms with van der Waals surface area (Å²) in [7, 11) is 0. The average Bonchev–Trinajstić information content (AvgIpc) is 3.09. The number of carbonyl (C=O) groups excluding carboxylic acids is 2. The smallest absolute Gasteiger partial charge is 0.317 e. The van der Waals surface area contributed by atoms with E-state index in [0.29, 0.717) is 26.1 Å². The first-order chi connectivity index (χ1) is 13.6. The summed E-state index contributed by atoms with van der Waals surface area (Å²) >= 11 is 0. The van der Waals surface area contributed by atoms with Gasteiger partial charge in [0, 0.05) is 62.9 Å². The first kappa shape index (κ1) is 18.3. The van der Waals surface area contributed by atoms with Gasteiger partial charge in [0.15, 0.2) is 0 Å². The zero-order chi connectivity index (χ0) is 19.5. The monoisotopic (exact) mass is 379 g/mol. The number of rotatable bonds is 3. The van der Waals surface area contributed by atoms with Crippen LogP contribution in [-0.2, 0) is 4.79 Å². The van der Waals surface area contributed by atoms with Crippen molar-refractivity contribution in [2.75, 3.05) is 42.5 Å². The van der Waals surface area contributed by atoms with E-state index in [1.807, 2.05) is 48.2 Å². The highest BCUT2D eigenvalue weighted by molar-refractivity contribution is 5.96. The number of piperazine rings is 1. The second-order valence-corrected chi connectivity index (χ2v) is 7.37. The Balaban J connectivity index is 1.30. The normalized spacial score (nSPS) is 19.8. The van der Waals surface area contributed by atoms with Gasteiger partial charge in [0.1, 0.15) is 0 Å². The third-order valence-electron chi connectivity index (χ3n) is 5.36. The number of carbonyl (C=O) groups is 2. The van der Waals surface area contributed by atoms with Crippen LogP contribution in [-0.4, -0.2) is 60.6 Å². The van der Waals surface area contributed by atoms with Crippen molar-refractivity contribution in [3.05, 3.63) is 54.4 Å². The van der Waals surface area contributed by atoms with Gasteiger partial charge < -0.3 is 20.0 Å². The number of pyridine rings is 1. The van der Waals surface area contributed by atoms with Crippen LogP contribution in [0.5, 0.6) is 0 Å². The maximum Gasteiger partial charge on any atom is 0.317 e. The molecule has 0 bridgehead atoms. The van der Waals surface area contributed by atoms with E-state index in [1.54, 1.807) is 17.3 Å². The quantitative estimate of drug-likeness (QED) is 0.886. The molecule has 7 heteroatoms. The maximum absolute atomic E-state index is 12.7. The van der Waals surface area contributed by atoms with E-state index >= 15 is 0 Å². The first-order valence-electron chi connectivity index (χ1n) is 9.67. The molecule has 0 spiro atoms. The molecule has 146 valence electrons. The van der Waals surface area contributed by atoms with Crippen LogP contribution in [0.15, 0.2) is 48.8 Å². The summed E-state index contributed by atoms with van der Waals surface area (Å²) in [6.45, 7) is 5.43. The Morgan fingerprint density at radius 3 is 2.54 bits per heavy atom. The lowest BCUT2D eigenvalue weighted by molar-refractivity contribution is -0.117. The molecule has 28 heavy (non-hydrogen) atoms. The van der Waals surface area contributed by atoms with Crippen molar-refractivity contribution in [3.8, 4) is 0 Å². The summed E-state index contributed by atoms with van der Waals surface area (Å²) in [6.07, 6.45) is 3.91. The van der Waals surface area contributed by atoms with E-state index in [4.69, 9.17) is 0 Å². The summed E-state index contributed by atoms with van der Waals surface area (Å²) < 4.78 is 0. The van der Waals surface area contributed by atoms with Crippen LogP contribution in [0, 0.1) is 6.92 Å². The maximum atomic E-state index is 12.7. The van der Waals surface area contributed by atoms with Gasteiger partial charge in [-0.05, 0) is 36.8 Å². The molecule has 2 aliphatic rings. The van der Waals surface area contributed by atoms with Crippen LogP contribution in [0.2, 0.25) is 0 Å². The van der Waals surface area contributed by atoms with E-state index in [-0.39, 0.29) is 18.0 Å². The van der Waals surface area contributed by atoms with Gasteiger partial charge in [-0.1, -0.05) is 12.1 Å². The molecule has 2 aliphatic heterocycles. The molecule has 3 heterocycles. The number of urea groups is 1. The minimum atomic E-state index is -0.154. The molecule has 2 saturated heterocycles.